The van der Waals surface area contributed by atoms with Gasteiger partial charge in [-0.2, -0.15) is 0 Å². The molecule has 1 aliphatic heterocycles. The third-order valence-electron chi connectivity index (χ3n) is 2.66. The Morgan fingerprint density at radius 1 is 1.25 bits per heavy atom. The molecule has 0 saturated carbocycles. The van der Waals surface area contributed by atoms with E-state index < -0.39 is 8.07 Å². The number of hydrogen-bond donors (Lipinski definition) is 0. The number of hydrogen-bond acceptors (Lipinski definition) is 1. The summed E-state index contributed by atoms with van der Waals surface area (Å²) in [6.07, 6.45) is 0. The molecule has 12 heavy (non-hydrogen) atoms. The maximum absolute atomic E-state index is 5.39. The highest BCUT2D eigenvalue weighted by molar-refractivity contribution is 6.91. The SMILES string of the molecule is C[Si](C)(c1ccccc1)[C@H]1CO1. The van der Waals surface area contributed by atoms with Gasteiger partial charge in [-0.05, 0) is 0 Å². The fourth-order valence-electron chi connectivity index (χ4n) is 1.52. The maximum Gasteiger partial charge on any atom is 0.116 e. The van der Waals surface area contributed by atoms with E-state index >= 15 is 0 Å². The summed E-state index contributed by atoms with van der Waals surface area (Å²) in [6.45, 7) is 5.73. The summed E-state index contributed by atoms with van der Waals surface area (Å²) in [5.74, 6) is 0. The van der Waals surface area contributed by atoms with E-state index in [4.69, 9.17) is 4.74 Å². The van der Waals surface area contributed by atoms with Crippen molar-refractivity contribution in [3.8, 4) is 0 Å². The first kappa shape index (κ1) is 8.02. The highest BCUT2D eigenvalue weighted by Gasteiger charge is 2.42. The van der Waals surface area contributed by atoms with Crippen molar-refractivity contribution in [1.29, 1.82) is 0 Å². The molecule has 0 bridgehead atoms. The van der Waals surface area contributed by atoms with E-state index in [0.717, 1.165) is 6.61 Å². The van der Waals surface area contributed by atoms with Crippen LogP contribution in [0.3, 0.4) is 0 Å². The molecule has 0 aliphatic carbocycles. The van der Waals surface area contributed by atoms with E-state index in [1.54, 1.807) is 0 Å². The van der Waals surface area contributed by atoms with Crippen LogP contribution in [0.5, 0.6) is 0 Å². The Balaban J connectivity index is 2.28. The first-order chi connectivity index (χ1) is 5.71. The van der Waals surface area contributed by atoms with Crippen LogP contribution in [0.4, 0.5) is 0 Å². The summed E-state index contributed by atoms with van der Waals surface area (Å²) in [5.41, 5.74) is 0.569. The minimum atomic E-state index is -1.27. The van der Waals surface area contributed by atoms with Gasteiger partial charge in [0.1, 0.15) is 8.07 Å². The van der Waals surface area contributed by atoms with Crippen LogP contribution >= 0.6 is 0 Å². The molecular weight excluding hydrogens is 164 g/mol. The molecule has 0 N–H and O–H groups in total. The minimum Gasteiger partial charge on any atom is -0.376 e. The molecule has 0 spiro atoms. The van der Waals surface area contributed by atoms with Crippen molar-refractivity contribution in [2.24, 2.45) is 0 Å². The largest absolute Gasteiger partial charge is 0.376 e. The molecule has 0 amide bonds. The molecule has 2 heteroatoms. The Labute approximate surface area is 74.4 Å². The molecule has 1 aromatic carbocycles. The molecular formula is C10H14OSi. The predicted octanol–water partition coefficient (Wildman–Crippen LogP) is 1.54. The van der Waals surface area contributed by atoms with Crippen LogP contribution in [0.15, 0.2) is 30.3 Å². The lowest BCUT2D eigenvalue weighted by atomic mass is 10.4. The van der Waals surface area contributed by atoms with Crippen LogP contribution in [-0.4, -0.2) is 20.4 Å². The topological polar surface area (TPSA) is 12.5 Å². The molecule has 1 saturated heterocycles. The standard InChI is InChI=1S/C10H14OSi/c1-12(2,10-8-11-10)9-6-4-3-5-7-9/h3-7,10H,8H2,1-2H3/t10-/m0/s1. The third kappa shape index (κ3) is 1.32. The predicted molar refractivity (Wildman–Crippen MR) is 53.3 cm³/mol. The van der Waals surface area contributed by atoms with Crippen molar-refractivity contribution in [3.05, 3.63) is 30.3 Å². The Kier molecular flexibility index (Phi) is 1.81. The van der Waals surface area contributed by atoms with Crippen LogP contribution in [0.2, 0.25) is 13.1 Å². The summed E-state index contributed by atoms with van der Waals surface area (Å²) in [7, 11) is -1.27. The second-order valence-electron chi connectivity index (χ2n) is 3.91. The summed E-state index contributed by atoms with van der Waals surface area (Å²) in [5, 5.41) is 1.51. The van der Waals surface area contributed by atoms with Crippen molar-refractivity contribution >= 4 is 13.3 Å². The zero-order chi connectivity index (χ0) is 8.60. The van der Waals surface area contributed by atoms with Gasteiger partial charge < -0.3 is 4.74 Å². The zero-order valence-corrected chi connectivity index (χ0v) is 8.58. The smallest absolute Gasteiger partial charge is 0.116 e. The second kappa shape index (κ2) is 2.71. The number of epoxide rings is 1. The van der Waals surface area contributed by atoms with E-state index in [1.165, 1.54) is 5.19 Å². The fourth-order valence-corrected chi connectivity index (χ4v) is 3.87. The maximum atomic E-state index is 5.39. The van der Waals surface area contributed by atoms with E-state index in [0.29, 0.717) is 5.73 Å². The second-order valence-corrected chi connectivity index (χ2v) is 8.57. The van der Waals surface area contributed by atoms with E-state index in [2.05, 4.69) is 43.4 Å². The van der Waals surface area contributed by atoms with E-state index in [1.807, 2.05) is 0 Å². The first-order valence-corrected chi connectivity index (χ1v) is 7.46. The summed E-state index contributed by atoms with van der Waals surface area (Å²) in [4.78, 5) is 0. The number of ether oxygens (including phenoxy) is 1. The van der Waals surface area contributed by atoms with Gasteiger partial charge in [0.2, 0.25) is 0 Å². The lowest BCUT2D eigenvalue weighted by Gasteiger charge is -2.19. The van der Waals surface area contributed by atoms with Gasteiger partial charge in [0.15, 0.2) is 0 Å². The summed E-state index contributed by atoms with van der Waals surface area (Å²) in [6, 6.07) is 10.8. The molecule has 1 fully saturated rings. The molecule has 0 unspecified atom stereocenters. The van der Waals surface area contributed by atoms with Crippen molar-refractivity contribution in [1.82, 2.24) is 0 Å². The van der Waals surface area contributed by atoms with Gasteiger partial charge in [0, 0.05) is 0 Å². The fraction of sp³-hybridized carbons (Fsp3) is 0.400. The Bertz CT molecular complexity index is 264. The highest BCUT2D eigenvalue weighted by atomic mass is 28.3. The van der Waals surface area contributed by atoms with E-state index in [9.17, 15) is 0 Å². The van der Waals surface area contributed by atoms with Gasteiger partial charge in [-0.15, -0.1) is 0 Å². The molecule has 1 aromatic rings. The molecule has 0 aromatic heterocycles. The van der Waals surface area contributed by atoms with Crippen LogP contribution < -0.4 is 5.19 Å². The van der Waals surface area contributed by atoms with Gasteiger partial charge in [-0.3, -0.25) is 0 Å². The summed E-state index contributed by atoms with van der Waals surface area (Å²) < 4.78 is 5.39. The monoisotopic (exact) mass is 178 g/mol. The van der Waals surface area contributed by atoms with E-state index in [-0.39, 0.29) is 0 Å². The quantitative estimate of drug-likeness (QED) is 0.494. The van der Waals surface area contributed by atoms with Crippen molar-refractivity contribution in [2.45, 2.75) is 18.8 Å². The average molecular weight is 178 g/mol. The van der Waals surface area contributed by atoms with Gasteiger partial charge in [0.05, 0.1) is 12.3 Å². The third-order valence-corrected chi connectivity index (χ3v) is 6.42. The Morgan fingerprint density at radius 2 is 1.83 bits per heavy atom. The molecule has 2 rings (SSSR count). The van der Waals surface area contributed by atoms with Crippen LogP contribution in [0.1, 0.15) is 0 Å². The van der Waals surface area contributed by atoms with Crippen molar-refractivity contribution in [3.63, 3.8) is 0 Å². The number of rotatable bonds is 2. The minimum absolute atomic E-state index is 0.569. The molecule has 64 valence electrons. The normalized spacial score (nSPS) is 22.3. The Morgan fingerprint density at radius 3 is 2.33 bits per heavy atom. The van der Waals surface area contributed by atoms with Crippen LogP contribution in [-0.2, 0) is 4.74 Å². The summed E-state index contributed by atoms with van der Waals surface area (Å²) >= 11 is 0. The zero-order valence-electron chi connectivity index (χ0n) is 7.58. The van der Waals surface area contributed by atoms with Gasteiger partial charge >= 0.3 is 0 Å². The molecule has 1 nitrogen and oxygen atoms in total. The van der Waals surface area contributed by atoms with Crippen molar-refractivity contribution in [2.75, 3.05) is 6.61 Å². The Hall–Kier alpha value is -0.603. The lowest BCUT2D eigenvalue weighted by Crippen LogP contribution is -2.47. The molecule has 0 radical (unpaired) electrons. The highest BCUT2D eigenvalue weighted by Crippen LogP contribution is 2.22. The van der Waals surface area contributed by atoms with Crippen LogP contribution in [0, 0.1) is 0 Å². The lowest BCUT2D eigenvalue weighted by molar-refractivity contribution is 0.451. The molecule has 1 heterocycles. The number of benzene rings is 1. The van der Waals surface area contributed by atoms with Crippen LogP contribution in [0.25, 0.3) is 0 Å². The van der Waals surface area contributed by atoms with Gasteiger partial charge in [-0.1, -0.05) is 48.6 Å². The first-order valence-electron chi connectivity index (χ1n) is 4.38. The molecule has 1 aliphatic rings. The molecule has 1 atom stereocenters. The van der Waals surface area contributed by atoms with Gasteiger partial charge in [0.25, 0.3) is 0 Å². The average Bonchev–Trinajstić information content (AvgIpc) is 2.88. The van der Waals surface area contributed by atoms with Gasteiger partial charge in [-0.25, -0.2) is 0 Å². The van der Waals surface area contributed by atoms with Crippen molar-refractivity contribution < 1.29 is 4.74 Å².